The van der Waals surface area contributed by atoms with Gasteiger partial charge < -0.3 is 20.1 Å². The normalized spacial score (nSPS) is 18.3. The fourth-order valence-electron chi connectivity index (χ4n) is 4.33. The van der Waals surface area contributed by atoms with Crippen molar-refractivity contribution in [1.82, 2.24) is 14.9 Å². The van der Waals surface area contributed by atoms with Crippen molar-refractivity contribution in [1.29, 1.82) is 5.26 Å². The molecule has 1 amide bonds. The molecule has 4 rings (SSSR count). The van der Waals surface area contributed by atoms with E-state index in [0.717, 1.165) is 29.5 Å². The minimum atomic E-state index is -0.743. The van der Waals surface area contributed by atoms with E-state index in [9.17, 15) is 15.0 Å². The topological polar surface area (TPSA) is 111 Å². The quantitative estimate of drug-likeness (QED) is 0.460. The molecule has 1 aliphatic rings. The van der Waals surface area contributed by atoms with E-state index in [1.807, 2.05) is 30.3 Å². The van der Waals surface area contributed by atoms with Crippen LogP contribution >= 0.6 is 0 Å². The number of nitrogens with one attached hydrogen (secondary N) is 1. The van der Waals surface area contributed by atoms with Crippen molar-refractivity contribution in [3.8, 4) is 29.0 Å². The number of nitrogens with zero attached hydrogens (tertiary/aromatic N) is 3. The number of aliphatic hydroxyl groups excluding tert-OH is 2. The summed E-state index contributed by atoms with van der Waals surface area (Å²) in [5.41, 5.74) is 4.29. The lowest BCUT2D eigenvalue weighted by molar-refractivity contribution is -0.121. The zero-order valence-corrected chi connectivity index (χ0v) is 19.6. The molecule has 0 bridgehead atoms. The minimum Gasteiger partial charge on any atom is -0.393 e. The SMILES string of the molecule is CC(O)c1nccn1C(C#Cc1ccc(-c2ccc(C3CC(NC(=O)CC#N)C3)cc2)cc1)CO. The Hall–Kier alpha value is -3.91. The largest absolute Gasteiger partial charge is 0.393 e. The van der Waals surface area contributed by atoms with Gasteiger partial charge in [0.05, 0.1) is 12.7 Å². The van der Waals surface area contributed by atoms with Crippen molar-refractivity contribution in [3.05, 3.63) is 77.9 Å². The van der Waals surface area contributed by atoms with E-state index < -0.39 is 12.1 Å². The Labute approximate surface area is 205 Å². The Bertz CT molecular complexity index is 1250. The molecule has 3 N–H and O–H groups in total. The summed E-state index contributed by atoms with van der Waals surface area (Å²) in [5, 5.41) is 31.1. The molecule has 0 radical (unpaired) electrons. The maximum Gasteiger partial charge on any atom is 0.234 e. The molecule has 1 aliphatic carbocycles. The number of aliphatic hydroxyl groups is 2. The van der Waals surface area contributed by atoms with Crippen molar-refractivity contribution in [2.45, 2.75) is 50.3 Å². The number of imidazole rings is 1. The third-order valence-corrected chi connectivity index (χ3v) is 6.31. The second-order valence-electron chi connectivity index (χ2n) is 8.80. The maximum atomic E-state index is 11.5. The lowest BCUT2D eigenvalue weighted by Crippen LogP contribution is -2.43. The molecule has 2 aromatic carbocycles. The van der Waals surface area contributed by atoms with Crippen LogP contribution in [0.15, 0.2) is 60.9 Å². The van der Waals surface area contributed by atoms with Gasteiger partial charge in [-0.2, -0.15) is 5.26 Å². The highest BCUT2D eigenvalue weighted by Crippen LogP contribution is 2.37. The van der Waals surface area contributed by atoms with Crippen LogP contribution in [0.3, 0.4) is 0 Å². The Balaban J connectivity index is 1.37. The second-order valence-corrected chi connectivity index (χ2v) is 8.80. The van der Waals surface area contributed by atoms with Gasteiger partial charge in [0, 0.05) is 24.0 Å². The molecule has 1 fully saturated rings. The Morgan fingerprint density at radius 1 is 1.17 bits per heavy atom. The van der Waals surface area contributed by atoms with Gasteiger partial charge in [-0.05, 0) is 54.5 Å². The molecule has 178 valence electrons. The average molecular weight is 469 g/mol. The van der Waals surface area contributed by atoms with Gasteiger partial charge in [0.1, 0.15) is 24.4 Å². The number of aromatic nitrogens is 2. The molecule has 0 saturated heterocycles. The first-order valence-electron chi connectivity index (χ1n) is 11.7. The molecule has 7 nitrogen and oxygen atoms in total. The fraction of sp³-hybridized carbons (Fsp3) is 0.321. The lowest BCUT2D eigenvalue weighted by Gasteiger charge is -2.36. The smallest absolute Gasteiger partial charge is 0.234 e. The number of hydrogen-bond acceptors (Lipinski definition) is 5. The van der Waals surface area contributed by atoms with Gasteiger partial charge in [0.15, 0.2) is 0 Å². The van der Waals surface area contributed by atoms with Crippen LogP contribution < -0.4 is 5.32 Å². The van der Waals surface area contributed by atoms with Crippen LogP contribution in [0, 0.1) is 23.2 Å². The van der Waals surface area contributed by atoms with E-state index in [1.54, 1.807) is 23.9 Å². The molecule has 0 aliphatic heterocycles. The van der Waals surface area contributed by atoms with E-state index in [2.05, 4.69) is 46.4 Å². The van der Waals surface area contributed by atoms with Crippen LogP contribution in [0.1, 0.15) is 61.2 Å². The van der Waals surface area contributed by atoms with Crippen LogP contribution in [0.5, 0.6) is 0 Å². The number of hydrogen-bond donors (Lipinski definition) is 3. The first-order chi connectivity index (χ1) is 17.0. The van der Waals surface area contributed by atoms with Gasteiger partial charge in [-0.3, -0.25) is 4.79 Å². The Morgan fingerprint density at radius 3 is 2.43 bits per heavy atom. The van der Waals surface area contributed by atoms with Crippen LogP contribution in [-0.2, 0) is 4.79 Å². The summed E-state index contributed by atoms with van der Waals surface area (Å²) >= 11 is 0. The molecule has 2 unspecified atom stereocenters. The first kappa shape index (κ1) is 24.2. The summed E-state index contributed by atoms with van der Waals surface area (Å²) in [6.07, 6.45) is 4.26. The van der Waals surface area contributed by atoms with E-state index in [0.29, 0.717) is 11.7 Å². The van der Waals surface area contributed by atoms with E-state index in [4.69, 9.17) is 5.26 Å². The Morgan fingerprint density at radius 2 is 1.83 bits per heavy atom. The third kappa shape index (κ3) is 5.78. The fourth-order valence-corrected chi connectivity index (χ4v) is 4.33. The van der Waals surface area contributed by atoms with Gasteiger partial charge in [0.2, 0.25) is 5.91 Å². The van der Waals surface area contributed by atoms with Gasteiger partial charge in [-0.25, -0.2) is 4.98 Å². The minimum absolute atomic E-state index is 0.0865. The number of benzene rings is 2. The summed E-state index contributed by atoms with van der Waals surface area (Å²) in [7, 11) is 0. The third-order valence-electron chi connectivity index (χ3n) is 6.31. The van der Waals surface area contributed by atoms with E-state index >= 15 is 0 Å². The standard InChI is InChI=1S/C28H28N4O3/c1-19(34)28-30-14-15-32(28)26(18-33)11-4-20-2-5-21(6-3-20)22-7-9-23(10-8-22)24-16-25(17-24)31-27(35)12-13-29/h2-3,5-10,14-15,19,24-26,33-34H,12,16-18H2,1H3,(H,31,35). The monoisotopic (exact) mass is 468 g/mol. The molecule has 0 spiro atoms. The number of carbonyl (C=O) groups excluding carboxylic acids is 1. The van der Waals surface area contributed by atoms with Crippen LogP contribution in [0.25, 0.3) is 11.1 Å². The first-order valence-corrected chi connectivity index (χ1v) is 11.7. The van der Waals surface area contributed by atoms with Crippen molar-refractivity contribution in [2.24, 2.45) is 0 Å². The Kier molecular flexibility index (Phi) is 7.62. The molecule has 2 atom stereocenters. The van der Waals surface area contributed by atoms with Crippen molar-refractivity contribution < 1.29 is 15.0 Å². The summed E-state index contributed by atoms with van der Waals surface area (Å²) in [6, 6.07) is 18.0. The zero-order chi connectivity index (χ0) is 24.8. The molecule has 1 aromatic heterocycles. The van der Waals surface area contributed by atoms with E-state index in [-0.39, 0.29) is 25.0 Å². The number of amides is 1. The van der Waals surface area contributed by atoms with Crippen molar-refractivity contribution >= 4 is 5.91 Å². The van der Waals surface area contributed by atoms with Gasteiger partial charge in [-0.15, -0.1) is 0 Å². The average Bonchev–Trinajstić information content (AvgIpc) is 3.33. The second kappa shape index (κ2) is 11.0. The highest BCUT2D eigenvalue weighted by molar-refractivity contribution is 5.78. The van der Waals surface area contributed by atoms with Gasteiger partial charge in [-0.1, -0.05) is 48.2 Å². The van der Waals surface area contributed by atoms with Crippen molar-refractivity contribution in [3.63, 3.8) is 0 Å². The van der Waals surface area contributed by atoms with Gasteiger partial charge >= 0.3 is 0 Å². The number of rotatable bonds is 7. The molecule has 35 heavy (non-hydrogen) atoms. The zero-order valence-electron chi connectivity index (χ0n) is 19.6. The molecular weight excluding hydrogens is 440 g/mol. The summed E-state index contributed by atoms with van der Waals surface area (Å²) in [5.74, 6) is 6.88. The molecule has 1 heterocycles. The van der Waals surface area contributed by atoms with Crippen LogP contribution in [-0.4, -0.2) is 38.3 Å². The van der Waals surface area contributed by atoms with Crippen LogP contribution in [0.4, 0.5) is 0 Å². The lowest BCUT2D eigenvalue weighted by atomic mass is 9.75. The molecular formula is C28H28N4O3. The number of nitriles is 1. The van der Waals surface area contributed by atoms with Gasteiger partial charge in [0.25, 0.3) is 0 Å². The summed E-state index contributed by atoms with van der Waals surface area (Å²) in [6.45, 7) is 1.45. The van der Waals surface area contributed by atoms with Crippen molar-refractivity contribution in [2.75, 3.05) is 6.61 Å². The molecule has 1 saturated carbocycles. The van der Waals surface area contributed by atoms with Crippen LogP contribution in [0.2, 0.25) is 0 Å². The van der Waals surface area contributed by atoms with E-state index in [1.165, 1.54) is 5.56 Å². The maximum absolute atomic E-state index is 11.5. The number of carbonyl (C=O) groups is 1. The predicted octanol–water partition coefficient (Wildman–Crippen LogP) is 3.46. The molecule has 7 heteroatoms. The highest BCUT2D eigenvalue weighted by Gasteiger charge is 2.31. The molecule has 3 aromatic rings. The highest BCUT2D eigenvalue weighted by atomic mass is 16.3. The summed E-state index contributed by atoms with van der Waals surface area (Å²) in [4.78, 5) is 15.7. The predicted molar refractivity (Wildman–Crippen MR) is 132 cm³/mol. The summed E-state index contributed by atoms with van der Waals surface area (Å²) < 4.78 is 1.69.